The number of aromatic nitrogens is 2. The van der Waals surface area contributed by atoms with Crippen molar-refractivity contribution in [2.24, 2.45) is 0 Å². The zero-order valence-corrected chi connectivity index (χ0v) is 12.5. The van der Waals surface area contributed by atoms with Crippen LogP contribution in [0.2, 0.25) is 0 Å². The van der Waals surface area contributed by atoms with E-state index in [1.165, 1.54) is 0 Å². The number of carbonyl (C=O) groups is 1. The number of carbonyl (C=O) groups excluding carboxylic acids is 1. The van der Waals surface area contributed by atoms with Crippen molar-refractivity contribution in [3.63, 3.8) is 0 Å². The SMILES string of the molecule is CCCC[C@@H](C)OC(=O)c1snnc1-c1ccccc1. The maximum Gasteiger partial charge on any atom is 0.352 e. The van der Waals surface area contributed by atoms with E-state index in [2.05, 4.69) is 16.5 Å². The lowest BCUT2D eigenvalue weighted by Gasteiger charge is -2.12. The lowest BCUT2D eigenvalue weighted by molar-refractivity contribution is 0.0327. The van der Waals surface area contributed by atoms with E-state index in [1.807, 2.05) is 37.3 Å². The average molecular weight is 290 g/mol. The van der Waals surface area contributed by atoms with E-state index in [4.69, 9.17) is 4.74 Å². The van der Waals surface area contributed by atoms with Gasteiger partial charge in [-0.15, -0.1) is 5.10 Å². The van der Waals surface area contributed by atoms with Crippen LogP contribution in [0.3, 0.4) is 0 Å². The molecule has 1 aromatic heterocycles. The van der Waals surface area contributed by atoms with E-state index in [1.54, 1.807) is 0 Å². The van der Waals surface area contributed by atoms with Gasteiger partial charge in [0, 0.05) is 5.56 Å². The van der Waals surface area contributed by atoms with Crippen molar-refractivity contribution in [3.05, 3.63) is 35.2 Å². The molecular weight excluding hydrogens is 272 g/mol. The molecule has 0 aliphatic carbocycles. The van der Waals surface area contributed by atoms with Crippen LogP contribution in [0.5, 0.6) is 0 Å². The third-order valence-electron chi connectivity index (χ3n) is 2.99. The van der Waals surface area contributed by atoms with E-state index < -0.39 is 0 Å². The van der Waals surface area contributed by atoms with Gasteiger partial charge in [0.2, 0.25) is 0 Å². The Morgan fingerprint density at radius 1 is 1.35 bits per heavy atom. The number of ether oxygens (including phenoxy) is 1. The second-order valence-electron chi connectivity index (χ2n) is 4.67. The van der Waals surface area contributed by atoms with E-state index >= 15 is 0 Å². The molecule has 20 heavy (non-hydrogen) atoms. The van der Waals surface area contributed by atoms with Gasteiger partial charge in [-0.1, -0.05) is 54.6 Å². The molecule has 0 aliphatic rings. The Bertz CT molecular complexity index is 554. The summed E-state index contributed by atoms with van der Waals surface area (Å²) in [6.07, 6.45) is 2.96. The lowest BCUT2D eigenvalue weighted by Crippen LogP contribution is -2.14. The first-order valence-corrected chi connectivity index (χ1v) is 7.58. The molecule has 0 saturated carbocycles. The van der Waals surface area contributed by atoms with Crippen molar-refractivity contribution in [1.82, 2.24) is 9.59 Å². The molecule has 0 fully saturated rings. The highest BCUT2D eigenvalue weighted by atomic mass is 32.1. The van der Waals surface area contributed by atoms with Gasteiger partial charge in [-0.2, -0.15) is 0 Å². The minimum absolute atomic E-state index is 0.0758. The molecule has 0 N–H and O–H groups in total. The Morgan fingerprint density at radius 3 is 2.80 bits per heavy atom. The van der Waals surface area contributed by atoms with Crippen LogP contribution in [0.25, 0.3) is 11.3 Å². The maximum absolute atomic E-state index is 12.2. The van der Waals surface area contributed by atoms with Crippen LogP contribution in [0.4, 0.5) is 0 Å². The zero-order valence-electron chi connectivity index (χ0n) is 11.7. The summed E-state index contributed by atoms with van der Waals surface area (Å²) in [4.78, 5) is 12.7. The molecule has 1 aromatic carbocycles. The summed E-state index contributed by atoms with van der Waals surface area (Å²) in [5.41, 5.74) is 1.48. The standard InChI is InChI=1S/C15H18N2O2S/c1-3-4-8-11(2)19-15(18)14-13(16-17-20-14)12-9-6-5-7-10-12/h5-7,9-11H,3-4,8H2,1-2H3/t11-/m1/s1. The molecular formula is C15H18N2O2S. The predicted molar refractivity (Wildman–Crippen MR) is 79.7 cm³/mol. The van der Waals surface area contributed by atoms with Crippen LogP contribution in [-0.2, 0) is 4.74 Å². The number of unbranched alkanes of at least 4 members (excludes halogenated alkanes) is 1. The number of esters is 1. The third-order valence-corrected chi connectivity index (χ3v) is 3.70. The summed E-state index contributed by atoms with van der Waals surface area (Å²) in [5.74, 6) is -0.331. The molecule has 106 valence electrons. The normalized spacial score (nSPS) is 12.1. The molecule has 2 rings (SSSR count). The summed E-state index contributed by atoms with van der Waals surface area (Å²) < 4.78 is 9.33. The fraction of sp³-hybridized carbons (Fsp3) is 0.400. The zero-order chi connectivity index (χ0) is 14.4. The molecule has 0 aliphatic heterocycles. The number of hydrogen-bond donors (Lipinski definition) is 0. The molecule has 0 bridgehead atoms. The van der Waals surface area contributed by atoms with Crippen molar-refractivity contribution in [3.8, 4) is 11.3 Å². The van der Waals surface area contributed by atoms with Crippen molar-refractivity contribution in [2.45, 2.75) is 39.2 Å². The molecule has 1 heterocycles. The first kappa shape index (κ1) is 14.7. The van der Waals surface area contributed by atoms with E-state index in [9.17, 15) is 4.79 Å². The number of nitrogens with zero attached hydrogens (tertiary/aromatic N) is 2. The Morgan fingerprint density at radius 2 is 2.10 bits per heavy atom. The van der Waals surface area contributed by atoms with Crippen LogP contribution in [0.15, 0.2) is 30.3 Å². The van der Waals surface area contributed by atoms with Gasteiger partial charge < -0.3 is 4.74 Å². The Kier molecular flexibility index (Phi) is 5.24. The maximum atomic E-state index is 12.2. The van der Waals surface area contributed by atoms with Gasteiger partial charge in [0.1, 0.15) is 5.69 Å². The first-order valence-electron chi connectivity index (χ1n) is 6.81. The molecule has 0 amide bonds. The van der Waals surface area contributed by atoms with Crippen molar-refractivity contribution in [2.75, 3.05) is 0 Å². The molecule has 4 nitrogen and oxygen atoms in total. The summed E-state index contributed by atoms with van der Waals surface area (Å²) in [7, 11) is 0. The van der Waals surface area contributed by atoms with E-state index in [0.717, 1.165) is 36.4 Å². The minimum atomic E-state index is -0.331. The highest BCUT2D eigenvalue weighted by Gasteiger charge is 2.20. The van der Waals surface area contributed by atoms with Gasteiger partial charge in [0.25, 0.3) is 0 Å². The molecule has 5 heteroatoms. The quantitative estimate of drug-likeness (QED) is 0.756. The summed E-state index contributed by atoms with van der Waals surface area (Å²) in [6.45, 7) is 4.04. The fourth-order valence-corrected chi connectivity index (χ4v) is 2.47. The second-order valence-corrected chi connectivity index (χ2v) is 5.43. The smallest absolute Gasteiger partial charge is 0.352 e. The van der Waals surface area contributed by atoms with Crippen molar-refractivity contribution in [1.29, 1.82) is 0 Å². The molecule has 0 spiro atoms. The van der Waals surface area contributed by atoms with Crippen LogP contribution >= 0.6 is 11.5 Å². The topological polar surface area (TPSA) is 52.1 Å². The summed E-state index contributed by atoms with van der Waals surface area (Å²) in [5, 5.41) is 4.04. The lowest BCUT2D eigenvalue weighted by atomic mass is 10.1. The van der Waals surface area contributed by atoms with Crippen molar-refractivity contribution < 1.29 is 9.53 Å². The number of hydrogen-bond acceptors (Lipinski definition) is 5. The molecule has 0 saturated heterocycles. The van der Waals surface area contributed by atoms with Gasteiger partial charge in [0.05, 0.1) is 6.10 Å². The second kappa shape index (κ2) is 7.14. The van der Waals surface area contributed by atoms with E-state index in [0.29, 0.717) is 10.6 Å². The van der Waals surface area contributed by atoms with Crippen LogP contribution < -0.4 is 0 Å². The summed E-state index contributed by atoms with van der Waals surface area (Å²) in [6, 6.07) is 9.57. The van der Waals surface area contributed by atoms with Crippen LogP contribution in [0, 0.1) is 0 Å². The predicted octanol–water partition coefficient (Wildman–Crippen LogP) is 3.94. The Balaban J connectivity index is 2.10. The van der Waals surface area contributed by atoms with E-state index in [-0.39, 0.29) is 12.1 Å². The fourth-order valence-electron chi connectivity index (χ4n) is 1.90. The number of rotatable bonds is 6. The van der Waals surface area contributed by atoms with Crippen LogP contribution in [0.1, 0.15) is 42.8 Å². The summed E-state index contributed by atoms with van der Waals surface area (Å²) >= 11 is 1.08. The first-order chi connectivity index (χ1) is 9.72. The molecule has 0 radical (unpaired) electrons. The van der Waals surface area contributed by atoms with Gasteiger partial charge in [0.15, 0.2) is 4.88 Å². The van der Waals surface area contributed by atoms with Crippen LogP contribution in [-0.4, -0.2) is 21.7 Å². The monoisotopic (exact) mass is 290 g/mol. The highest BCUT2D eigenvalue weighted by Crippen LogP contribution is 2.24. The molecule has 0 unspecified atom stereocenters. The molecule has 2 aromatic rings. The van der Waals surface area contributed by atoms with Gasteiger partial charge in [-0.3, -0.25) is 0 Å². The Hall–Kier alpha value is -1.75. The van der Waals surface area contributed by atoms with Gasteiger partial charge >= 0.3 is 5.97 Å². The average Bonchev–Trinajstić information content (AvgIpc) is 2.95. The highest BCUT2D eigenvalue weighted by molar-refractivity contribution is 7.08. The van der Waals surface area contributed by atoms with Gasteiger partial charge in [-0.25, -0.2) is 4.79 Å². The minimum Gasteiger partial charge on any atom is -0.458 e. The largest absolute Gasteiger partial charge is 0.458 e. The van der Waals surface area contributed by atoms with Crippen molar-refractivity contribution >= 4 is 17.5 Å². The third kappa shape index (κ3) is 3.63. The van der Waals surface area contributed by atoms with Gasteiger partial charge in [-0.05, 0) is 24.9 Å². The molecule has 1 atom stereocenters. The number of benzene rings is 1. The Labute approximate surface area is 123 Å².